The van der Waals surface area contributed by atoms with Gasteiger partial charge >= 0.3 is 0 Å². The van der Waals surface area contributed by atoms with Crippen LogP contribution in [0.25, 0.3) is 0 Å². The number of piperidine rings is 1. The van der Waals surface area contributed by atoms with E-state index >= 15 is 0 Å². The average Bonchev–Trinajstić information content (AvgIpc) is 2.60. The van der Waals surface area contributed by atoms with E-state index in [4.69, 9.17) is 0 Å². The number of hydrogen-bond donors (Lipinski definition) is 3. The molecular weight excluding hydrogens is 288 g/mol. The molecule has 1 amide bonds. The zero-order chi connectivity index (χ0) is 16.5. The number of hydrogen-bond acceptors (Lipinski definition) is 3. The van der Waals surface area contributed by atoms with Gasteiger partial charge in [-0.1, -0.05) is 37.3 Å². The smallest absolute Gasteiger partial charge is 0.220 e. The van der Waals surface area contributed by atoms with Gasteiger partial charge in [-0.25, -0.2) is 0 Å². The second-order valence-corrected chi connectivity index (χ2v) is 6.69. The molecule has 1 aromatic rings. The summed E-state index contributed by atoms with van der Waals surface area (Å²) in [5.74, 6) is 1.41. The van der Waals surface area contributed by atoms with E-state index in [1.165, 1.54) is 18.4 Å². The zero-order valence-electron chi connectivity index (χ0n) is 14.1. The topological polar surface area (TPSA) is 61.4 Å². The maximum Gasteiger partial charge on any atom is 0.220 e. The van der Waals surface area contributed by atoms with Crippen LogP contribution in [-0.4, -0.2) is 37.3 Å². The number of aliphatic hydroxyl groups excluding tert-OH is 1. The Labute approximate surface area is 139 Å². The van der Waals surface area contributed by atoms with Crippen molar-refractivity contribution < 1.29 is 9.90 Å². The number of nitrogens with one attached hydrogen (secondary N) is 2. The summed E-state index contributed by atoms with van der Waals surface area (Å²) >= 11 is 0. The van der Waals surface area contributed by atoms with E-state index < -0.39 is 0 Å². The number of carbonyl (C=O) groups is 1. The molecule has 1 aliphatic rings. The van der Waals surface area contributed by atoms with Crippen LogP contribution in [-0.2, 0) is 4.79 Å². The van der Waals surface area contributed by atoms with Crippen LogP contribution in [0.15, 0.2) is 30.3 Å². The minimum atomic E-state index is 0.134. The fraction of sp³-hybridized carbons (Fsp3) is 0.632. The Morgan fingerprint density at radius 2 is 2.00 bits per heavy atom. The molecule has 0 spiro atoms. The molecule has 2 unspecified atom stereocenters. The molecule has 0 bridgehead atoms. The molecule has 128 valence electrons. The summed E-state index contributed by atoms with van der Waals surface area (Å²) in [6, 6.07) is 10.1. The highest BCUT2D eigenvalue weighted by atomic mass is 16.3. The number of carbonyl (C=O) groups excluding carboxylic acids is 1. The minimum absolute atomic E-state index is 0.134. The fourth-order valence-electron chi connectivity index (χ4n) is 3.45. The van der Waals surface area contributed by atoms with Crippen LogP contribution < -0.4 is 10.6 Å². The van der Waals surface area contributed by atoms with E-state index in [-0.39, 0.29) is 18.4 Å². The van der Waals surface area contributed by atoms with Gasteiger partial charge in [0.25, 0.3) is 0 Å². The van der Waals surface area contributed by atoms with E-state index in [0.29, 0.717) is 31.2 Å². The summed E-state index contributed by atoms with van der Waals surface area (Å²) in [5, 5.41) is 15.7. The van der Waals surface area contributed by atoms with Crippen LogP contribution in [0, 0.1) is 11.8 Å². The van der Waals surface area contributed by atoms with Crippen LogP contribution in [0.3, 0.4) is 0 Å². The zero-order valence-corrected chi connectivity index (χ0v) is 14.1. The Balaban J connectivity index is 1.79. The van der Waals surface area contributed by atoms with Crippen molar-refractivity contribution in [3.05, 3.63) is 35.9 Å². The normalized spacial score (nSPS) is 18.3. The highest BCUT2D eigenvalue weighted by Crippen LogP contribution is 2.24. The average molecular weight is 318 g/mol. The third-order valence-corrected chi connectivity index (χ3v) is 4.99. The molecule has 1 fully saturated rings. The van der Waals surface area contributed by atoms with Gasteiger partial charge in [0.1, 0.15) is 0 Å². The molecule has 0 radical (unpaired) electrons. The van der Waals surface area contributed by atoms with E-state index in [0.717, 1.165) is 13.1 Å². The lowest BCUT2D eigenvalue weighted by Crippen LogP contribution is -2.34. The molecule has 1 heterocycles. The van der Waals surface area contributed by atoms with Gasteiger partial charge in [0.05, 0.1) is 0 Å². The summed E-state index contributed by atoms with van der Waals surface area (Å²) in [6.07, 6.45) is 3.62. The van der Waals surface area contributed by atoms with Crippen molar-refractivity contribution in [3.63, 3.8) is 0 Å². The highest BCUT2D eigenvalue weighted by molar-refractivity contribution is 5.76. The van der Waals surface area contributed by atoms with E-state index in [9.17, 15) is 9.90 Å². The van der Waals surface area contributed by atoms with Crippen LogP contribution in [0.5, 0.6) is 0 Å². The molecule has 4 nitrogen and oxygen atoms in total. The third-order valence-electron chi connectivity index (χ3n) is 4.99. The summed E-state index contributed by atoms with van der Waals surface area (Å²) in [6.45, 7) is 5.08. The maximum absolute atomic E-state index is 12.2. The molecular formula is C19H30N2O2. The van der Waals surface area contributed by atoms with E-state index in [1.54, 1.807) is 0 Å². The number of benzene rings is 1. The molecule has 0 aliphatic carbocycles. The second-order valence-electron chi connectivity index (χ2n) is 6.69. The summed E-state index contributed by atoms with van der Waals surface area (Å²) in [4.78, 5) is 12.2. The van der Waals surface area contributed by atoms with Gasteiger partial charge < -0.3 is 15.7 Å². The lowest BCUT2D eigenvalue weighted by Gasteiger charge is -2.28. The molecule has 1 aromatic carbocycles. The molecule has 0 saturated carbocycles. The Kier molecular flexibility index (Phi) is 7.56. The molecule has 1 aliphatic heterocycles. The summed E-state index contributed by atoms with van der Waals surface area (Å²) < 4.78 is 0. The Morgan fingerprint density at radius 3 is 2.65 bits per heavy atom. The van der Waals surface area contributed by atoms with Crippen LogP contribution in [0.4, 0.5) is 0 Å². The van der Waals surface area contributed by atoms with Gasteiger partial charge in [-0.15, -0.1) is 0 Å². The first-order valence-corrected chi connectivity index (χ1v) is 8.84. The number of aliphatic hydroxyl groups is 1. The minimum Gasteiger partial charge on any atom is -0.396 e. The first-order chi connectivity index (χ1) is 11.2. The standard InChI is InChI=1S/C19H30N2O2/c1-15(16-7-10-20-11-8-16)13-19(23)21-14-18(9-12-22)17-5-3-2-4-6-17/h2-6,15-16,18,20,22H,7-14H2,1H3,(H,21,23). The lowest BCUT2D eigenvalue weighted by molar-refractivity contribution is -0.122. The highest BCUT2D eigenvalue weighted by Gasteiger charge is 2.22. The van der Waals surface area contributed by atoms with Crippen molar-refractivity contribution in [2.75, 3.05) is 26.2 Å². The maximum atomic E-state index is 12.2. The van der Waals surface area contributed by atoms with Gasteiger partial charge in [0.15, 0.2) is 0 Å². The first-order valence-electron chi connectivity index (χ1n) is 8.84. The van der Waals surface area contributed by atoms with Crippen LogP contribution >= 0.6 is 0 Å². The van der Waals surface area contributed by atoms with E-state index in [1.807, 2.05) is 18.2 Å². The van der Waals surface area contributed by atoms with Crippen LogP contribution in [0.2, 0.25) is 0 Å². The van der Waals surface area contributed by atoms with E-state index in [2.05, 4.69) is 29.7 Å². The van der Waals surface area contributed by atoms with Gasteiger partial charge in [0.2, 0.25) is 5.91 Å². The van der Waals surface area contributed by atoms with Crippen molar-refractivity contribution in [3.8, 4) is 0 Å². The Morgan fingerprint density at radius 1 is 1.30 bits per heavy atom. The number of amides is 1. The molecule has 3 N–H and O–H groups in total. The van der Waals surface area contributed by atoms with Crippen molar-refractivity contribution in [2.45, 2.75) is 38.5 Å². The third kappa shape index (κ3) is 5.96. The SMILES string of the molecule is CC(CC(=O)NCC(CCO)c1ccccc1)C1CCNCC1. The predicted octanol–water partition coefficient (Wildman–Crippen LogP) is 2.29. The molecule has 23 heavy (non-hydrogen) atoms. The molecule has 0 aromatic heterocycles. The van der Waals surface area contributed by atoms with Gasteiger partial charge in [-0.2, -0.15) is 0 Å². The fourth-order valence-corrected chi connectivity index (χ4v) is 3.45. The molecule has 2 rings (SSSR count). The summed E-state index contributed by atoms with van der Waals surface area (Å²) in [5.41, 5.74) is 1.17. The Bertz CT molecular complexity index is 458. The van der Waals surface area contributed by atoms with Crippen molar-refractivity contribution in [1.82, 2.24) is 10.6 Å². The lowest BCUT2D eigenvalue weighted by atomic mass is 9.84. The van der Waals surface area contributed by atoms with Gasteiger partial charge in [0, 0.05) is 25.5 Å². The quantitative estimate of drug-likeness (QED) is 0.689. The van der Waals surface area contributed by atoms with Crippen LogP contribution in [0.1, 0.15) is 44.1 Å². The Hall–Kier alpha value is -1.39. The van der Waals surface area contributed by atoms with Gasteiger partial charge in [-0.05, 0) is 49.8 Å². The van der Waals surface area contributed by atoms with Crippen molar-refractivity contribution >= 4 is 5.91 Å². The molecule has 2 atom stereocenters. The largest absolute Gasteiger partial charge is 0.396 e. The molecule has 1 saturated heterocycles. The van der Waals surface area contributed by atoms with Crippen molar-refractivity contribution in [2.24, 2.45) is 11.8 Å². The number of rotatable bonds is 8. The monoisotopic (exact) mass is 318 g/mol. The van der Waals surface area contributed by atoms with Gasteiger partial charge in [-0.3, -0.25) is 4.79 Å². The van der Waals surface area contributed by atoms with Crippen molar-refractivity contribution in [1.29, 1.82) is 0 Å². The predicted molar refractivity (Wildman–Crippen MR) is 93.3 cm³/mol. The first kappa shape index (κ1) is 18.0. The summed E-state index contributed by atoms with van der Waals surface area (Å²) in [7, 11) is 0. The molecule has 4 heteroatoms. The second kappa shape index (κ2) is 9.68.